The minimum atomic E-state index is -0.552. The van der Waals surface area contributed by atoms with Crippen molar-refractivity contribution in [2.75, 3.05) is 5.73 Å². The predicted molar refractivity (Wildman–Crippen MR) is 81.5 cm³/mol. The number of hydrogen-bond acceptors (Lipinski definition) is 3. The molecule has 0 bridgehead atoms. The highest BCUT2D eigenvalue weighted by molar-refractivity contribution is 6.31. The fourth-order valence-electron chi connectivity index (χ4n) is 2.16. The maximum absolute atomic E-state index is 14.2. The van der Waals surface area contributed by atoms with Crippen molar-refractivity contribution >= 4 is 17.4 Å². The number of rotatable bonds is 2. The summed E-state index contributed by atoms with van der Waals surface area (Å²) in [5, 5.41) is 3.78. The van der Waals surface area contributed by atoms with Crippen LogP contribution >= 0.6 is 11.6 Å². The Labute approximate surface area is 126 Å². The standard InChI is InChI=1S/C16H12ClFN2O/c1-9-5-7-10(8-6-9)13-15(21-20-16(13)19)11-3-2-4-12(17)14(11)18/h2-8H,1H3,(H2,19,20). The van der Waals surface area contributed by atoms with Crippen LogP contribution in [0.2, 0.25) is 5.02 Å². The summed E-state index contributed by atoms with van der Waals surface area (Å²) in [6, 6.07) is 12.4. The third kappa shape index (κ3) is 2.38. The number of benzene rings is 2. The first-order valence-corrected chi connectivity index (χ1v) is 6.72. The van der Waals surface area contributed by atoms with Gasteiger partial charge in [-0.3, -0.25) is 0 Å². The van der Waals surface area contributed by atoms with Gasteiger partial charge in [0.25, 0.3) is 0 Å². The molecule has 3 aromatic rings. The first kappa shape index (κ1) is 13.6. The van der Waals surface area contributed by atoms with E-state index in [2.05, 4.69) is 5.16 Å². The van der Waals surface area contributed by atoms with E-state index in [4.69, 9.17) is 21.9 Å². The van der Waals surface area contributed by atoms with E-state index in [-0.39, 0.29) is 22.2 Å². The Morgan fingerprint density at radius 2 is 1.86 bits per heavy atom. The molecule has 1 heterocycles. The van der Waals surface area contributed by atoms with Gasteiger partial charge in [-0.1, -0.05) is 52.7 Å². The molecule has 21 heavy (non-hydrogen) atoms. The summed E-state index contributed by atoms with van der Waals surface area (Å²) in [4.78, 5) is 0. The van der Waals surface area contributed by atoms with Crippen LogP contribution in [0.3, 0.4) is 0 Å². The summed E-state index contributed by atoms with van der Waals surface area (Å²) >= 11 is 5.82. The van der Waals surface area contributed by atoms with Crippen LogP contribution in [0.1, 0.15) is 5.56 Å². The molecule has 106 valence electrons. The second-order valence-corrected chi connectivity index (χ2v) is 5.15. The Hall–Kier alpha value is -2.33. The second-order valence-electron chi connectivity index (χ2n) is 4.74. The number of aromatic nitrogens is 1. The molecule has 0 radical (unpaired) electrons. The zero-order valence-electron chi connectivity index (χ0n) is 11.2. The summed E-state index contributed by atoms with van der Waals surface area (Å²) in [5.74, 6) is -0.0618. The van der Waals surface area contributed by atoms with E-state index >= 15 is 0 Å². The highest BCUT2D eigenvalue weighted by Crippen LogP contribution is 2.38. The summed E-state index contributed by atoms with van der Waals surface area (Å²) in [6.07, 6.45) is 0. The van der Waals surface area contributed by atoms with E-state index in [1.165, 1.54) is 6.07 Å². The first-order chi connectivity index (χ1) is 10.1. The number of halogens is 2. The van der Waals surface area contributed by atoms with Crippen molar-refractivity contribution in [2.45, 2.75) is 6.92 Å². The van der Waals surface area contributed by atoms with Gasteiger partial charge in [0.05, 0.1) is 16.1 Å². The Balaban J connectivity index is 2.22. The molecule has 3 rings (SSSR count). The van der Waals surface area contributed by atoms with Crippen LogP contribution in [-0.2, 0) is 0 Å². The lowest BCUT2D eigenvalue weighted by atomic mass is 10.0. The molecule has 0 unspecified atom stereocenters. The Morgan fingerprint density at radius 1 is 1.14 bits per heavy atom. The van der Waals surface area contributed by atoms with Crippen LogP contribution < -0.4 is 5.73 Å². The van der Waals surface area contributed by atoms with E-state index < -0.39 is 5.82 Å². The summed E-state index contributed by atoms with van der Waals surface area (Å²) in [5.41, 5.74) is 8.61. The van der Waals surface area contributed by atoms with Crippen LogP contribution in [0.4, 0.5) is 10.2 Å². The van der Waals surface area contributed by atoms with E-state index in [9.17, 15) is 4.39 Å². The van der Waals surface area contributed by atoms with Crippen molar-refractivity contribution in [3.63, 3.8) is 0 Å². The average molecular weight is 303 g/mol. The molecular formula is C16H12ClFN2O. The van der Waals surface area contributed by atoms with E-state index in [1.54, 1.807) is 12.1 Å². The minimum Gasteiger partial charge on any atom is -0.380 e. The Morgan fingerprint density at radius 3 is 2.57 bits per heavy atom. The Kier molecular flexibility index (Phi) is 3.39. The molecule has 5 heteroatoms. The van der Waals surface area contributed by atoms with Crippen LogP contribution in [0.15, 0.2) is 47.0 Å². The lowest BCUT2D eigenvalue weighted by Gasteiger charge is -2.05. The van der Waals surface area contributed by atoms with Crippen molar-refractivity contribution in [3.8, 4) is 22.5 Å². The topological polar surface area (TPSA) is 52.0 Å². The zero-order valence-corrected chi connectivity index (χ0v) is 12.0. The molecular weight excluding hydrogens is 291 g/mol. The normalized spacial score (nSPS) is 10.8. The van der Waals surface area contributed by atoms with Gasteiger partial charge in [-0.05, 0) is 24.6 Å². The fraction of sp³-hybridized carbons (Fsp3) is 0.0625. The molecule has 0 spiro atoms. The average Bonchev–Trinajstić information content (AvgIpc) is 2.85. The van der Waals surface area contributed by atoms with Gasteiger partial charge in [0, 0.05) is 0 Å². The molecule has 0 saturated heterocycles. The van der Waals surface area contributed by atoms with Crippen molar-refractivity contribution in [1.82, 2.24) is 5.16 Å². The molecule has 2 N–H and O–H groups in total. The smallest absolute Gasteiger partial charge is 0.179 e. The van der Waals surface area contributed by atoms with E-state index in [0.29, 0.717) is 5.56 Å². The number of nitrogens with zero attached hydrogens (tertiary/aromatic N) is 1. The highest BCUT2D eigenvalue weighted by atomic mass is 35.5. The SMILES string of the molecule is Cc1ccc(-c2c(N)noc2-c2cccc(Cl)c2F)cc1. The fourth-order valence-corrected chi connectivity index (χ4v) is 2.34. The molecule has 2 aromatic carbocycles. The van der Waals surface area contributed by atoms with Crippen LogP contribution in [0.25, 0.3) is 22.5 Å². The monoisotopic (exact) mass is 302 g/mol. The number of nitrogen functional groups attached to an aromatic ring is 1. The Bertz CT molecular complexity index is 797. The largest absolute Gasteiger partial charge is 0.380 e. The predicted octanol–water partition coefficient (Wildman–Crippen LogP) is 4.69. The van der Waals surface area contributed by atoms with Crippen molar-refractivity contribution in [2.24, 2.45) is 0 Å². The van der Waals surface area contributed by atoms with E-state index in [0.717, 1.165) is 11.1 Å². The molecule has 3 nitrogen and oxygen atoms in total. The number of hydrogen-bond donors (Lipinski definition) is 1. The second kappa shape index (κ2) is 5.22. The maximum Gasteiger partial charge on any atom is 0.179 e. The summed E-state index contributed by atoms with van der Waals surface area (Å²) < 4.78 is 19.4. The molecule has 1 aromatic heterocycles. The van der Waals surface area contributed by atoms with Gasteiger partial charge in [-0.25, -0.2) is 4.39 Å². The number of nitrogens with two attached hydrogens (primary N) is 1. The quantitative estimate of drug-likeness (QED) is 0.747. The molecule has 0 amide bonds. The molecule has 0 aliphatic heterocycles. The van der Waals surface area contributed by atoms with Crippen molar-refractivity contribution in [1.29, 1.82) is 0 Å². The summed E-state index contributed by atoms with van der Waals surface area (Å²) in [7, 11) is 0. The molecule has 0 saturated carbocycles. The lowest BCUT2D eigenvalue weighted by Crippen LogP contribution is -1.90. The van der Waals surface area contributed by atoms with Crippen molar-refractivity contribution < 1.29 is 8.91 Å². The van der Waals surface area contributed by atoms with Crippen LogP contribution in [0, 0.1) is 12.7 Å². The molecule has 0 aliphatic carbocycles. The van der Waals surface area contributed by atoms with Gasteiger partial charge in [0.15, 0.2) is 17.4 Å². The summed E-state index contributed by atoms with van der Waals surface area (Å²) in [6.45, 7) is 1.98. The van der Waals surface area contributed by atoms with Gasteiger partial charge in [-0.15, -0.1) is 0 Å². The van der Waals surface area contributed by atoms with Gasteiger partial charge in [0.2, 0.25) is 0 Å². The minimum absolute atomic E-state index is 0.0253. The number of anilines is 1. The van der Waals surface area contributed by atoms with Gasteiger partial charge in [-0.2, -0.15) is 0 Å². The van der Waals surface area contributed by atoms with Gasteiger partial charge < -0.3 is 10.3 Å². The zero-order chi connectivity index (χ0) is 15.0. The first-order valence-electron chi connectivity index (χ1n) is 6.34. The molecule has 0 fully saturated rings. The van der Waals surface area contributed by atoms with Gasteiger partial charge >= 0.3 is 0 Å². The maximum atomic E-state index is 14.2. The third-order valence-corrected chi connectivity index (χ3v) is 3.55. The van der Waals surface area contributed by atoms with Crippen molar-refractivity contribution in [3.05, 3.63) is 58.9 Å². The lowest BCUT2D eigenvalue weighted by molar-refractivity contribution is 0.433. The molecule has 0 atom stereocenters. The van der Waals surface area contributed by atoms with E-state index in [1.807, 2.05) is 31.2 Å². The van der Waals surface area contributed by atoms with Crippen LogP contribution in [0.5, 0.6) is 0 Å². The van der Waals surface area contributed by atoms with Crippen LogP contribution in [-0.4, -0.2) is 5.16 Å². The third-order valence-electron chi connectivity index (χ3n) is 3.25. The van der Waals surface area contributed by atoms with Gasteiger partial charge in [0.1, 0.15) is 0 Å². The number of aryl methyl sites for hydroxylation is 1. The highest BCUT2D eigenvalue weighted by Gasteiger charge is 2.21. The molecule has 0 aliphatic rings.